The van der Waals surface area contributed by atoms with Crippen LogP contribution in [0.5, 0.6) is 0 Å². The number of aliphatic hydroxyl groups is 3. The minimum atomic E-state index is -4.60. The number of hydrogen-bond donors (Lipinski definition) is 1. The molecular formula is C7H12F3O2+. The first-order valence-corrected chi connectivity index (χ1v) is 3.90. The molecule has 0 heterocycles. The van der Waals surface area contributed by atoms with Crippen molar-refractivity contribution < 1.29 is 23.0 Å². The number of ether oxygens (including phenoxy) is 1. The van der Waals surface area contributed by atoms with Crippen LogP contribution < -0.4 is 0 Å². The van der Waals surface area contributed by atoms with E-state index in [0.29, 0.717) is 6.42 Å². The highest BCUT2D eigenvalue weighted by Gasteiger charge is 2.51. The quantitative estimate of drug-likeness (QED) is 0.520. The number of rotatable bonds is 3. The van der Waals surface area contributed by atoms with Gasteiger partial charge < -0.3 is 9.84 Å². The van der Waals surface area contributed by atoms with Crippen LogP contribution in [0, 0.1) is 5.92 Å². The molecule has 1 fully saturated rings. The third-order valence-corrected chi connectivity index (χ3v) is 2.04. The Kier molecular flexibility index (Phi) is 2.63. The first-order valence-electron chi connectivity index (χ1n) is 3.90. The molecule has 0 aromatic heterocycles. The number of aliphatic hydroxyl groups excluding tert-OH is 1. The SMILES string of the molecule is CCC1CC1[OH+]C(O)C(F)(F)F. The highest BCUT2D eigenvalue weighted by Crippen LogP contribution is 2.37. The Morgan fingerprint density at radius 3 is 2.50 bits per heavy atom. The summed E-state index contributed by atoms with van der Waals surface area (Å²) in [5.41, 5.74) is 0. The predicted molar refractivity (Wildman–Crippen MR) is 36.5 cm³/mol. The van der Waals surface area contributed by atoms with Crippen molar-refractivity contribution in [1.82, 2.24) is 0 Å². The largest absolute Gasteiger partial charge is 0.492 e. The zero-order valence-corrected chi connectivity index (χ0v) is 6.67. The molecule has 2 N–H and O–H groups in total. The van der Waals surface area contributed by atoms with Gasteiger partial charge in [-0.3, -0.25) is 0 Å². The molecule has 3 atom stereocenters. The summed E-state index contributed by atoms with van der Waals surface area (Å²) in [4.78, 5) is 0. The van der Waals surface area contributed by atoms with Crippen LogP contribution in [0.15, 0.2) is 0 Å². The molecule has 1 aliphatic rings. The summed E-state index contributed by atoms with van der Waals surface area (Å²) in [6.45, 7) is 1.90. The van der Waals surface area contributed by atoms with E-state index in [9.17, 15) is 13.2 Å². The van der Waals surface area contributed by atoms with E-state index in [4.69, 9.17) is 5.11 Å². The molecule has 1 aliphatic carbocycles. The molecule has 5 heteroatoms. The second-order valence-corrected chi connectivity index (χ2v) is 3.04. The van der Waals surface area contributed by atoms with Crippen LogP contribution >= 0.6 is 0 Å². The van der Waals surface area contributed by atoms with Crippen molar-refractivity contribution in [3.63, 3.8) is 0 Å². The van der Waals surface area contributed by atoms with Crippen LogP contribution in [0.4, 0.5) is 13.2 Å². The van der Waals surface area contributed by atoms with Crippen molar-refractivity contribution >= 4 is 0 Å². The summed E-state index contributed by atoms with van der Waals surface area (Å²) in [5, 5.41) is 8.52. The smallest absolute Gasteiger partial charge is 0.400 e. The van der Waals surface area contributed by atoms with E-state index in [-0.39, 0.29) is 12.0 Å². The van der Waals surface area contributed by atoms with Gasteiger partial charge in [0.2, 0.25) is 0 Å². The third kappa shape index (κ3) is 2.35. The van der Waals surface area contributed by atoms with Crippen LogP contribution in [0.2, 0.25) is 0 Å². The lowest BCUT2D eigenvalue weighted by Crippen LogP contribution is -2.35. The number of alkyl halides is 3. The fourth-order valence-corrected chi connectivity index (χ4v) is 1.12. The van der Waals surface area contributed by atoms with Gasteiger partial charge in [-0.2, -0.15) is 13.2 Å². The zero-order chi connectivity index (χ0) is 9.35. The molecule has 3 unspecified atom stereocenters. The lowest BCUT2D eigenvalue weighted by molar-refractivity contribution is -0.355. The Labute approximate surface area is 68.3 Å². The molecule has 1 rings (SSSR count). The molecule has 12 heavy (non-hydrogen) atoms. The summed E-state index contributed by atoms with van der Waals surface area (Å²) >= 11 is 0. The average Bonchev–Trinajstić information content (AvgIpc) is 2.65. The summed E-state index contributed by atoms with van der Waals surface area (Å²) in [5.74, 6) is 0.252. The standard InChI is InChI=1S/C7H11F3O2/c1-2-4-3-5(4)12-6(11)7(8,9)10/h4-6,11H,2-3H2,1H3/p+1. The van der Waals surface area contributed by atoms with E-state index in [1.165, 1.54) is 0 Å². The van der Waals surface area contributed by atoms with E-state index >= 15 is 0 Å². The Hall–Kier alpha value is -0.290. The topological polar surface area (TPSA) is 33.0 Å². The van der Waals surface area contributed by atoms with Gasteiger partial charge in [-0.05, 0) is 6.42 Å². The molecule has 0 spiro atoms. The van der Waals surface area contributed by atoms with Crippen molar-refractivity contribution in [2.75, 3.05) is 0 Å². The molecule has 0 radical (unpaired) electrons. The highest BCUT2D eigenvalue weighted by atomic mass is 19.4. The lowest BCUT2D eigenvalue weighted by Gasteiger charge is -2.10. The maximum Gasteiger partial charge on any atom is 0.492 e. The number of halogens is 3. The van der Waals surface area contributed by atoms with E-state index in [1.807, 2.05) is 6.92 Å². The van der Waals surface area contributed by atoms with Crippen LogP contribution in [-0.2, 0) is 0 Å². The second-order valence-electron chi connectivity index (χ2n) is 3.04. The first-order chi connectivity index (χ1) is 5.45. The Balaban J connectivity index is 2.24. The minimum absolute atomic E-state index is 0.252. The fourth-order valence-electron chi connectivity index (χ4n) is 1.12. The maximum atomic E-state index is 11.7. The molecule has 0 bridgehead atoms. The molecule has 1 saturated carbocycles. The van der Waals surface area contributed by atoms with Gasteiger partial charge in [0, 0.05) is 12.3 Å². The Morgan fingerprint density at radius 2 is 2.17 bits per heavy atom. The molecule has 0 saturated heterocycles. The van der Waals surface area contributed by atoms with E-state index in [0.717, 1.165) is 6.42 Å². The molecule has 0 aromatic carbocycles. The summed E-state index contributed by atoms with van der Waals surface area (Å²) in [7, 11) is 0. The monoisotopic (exact) mass is 185 g/mol. The van der Waals surface area contributed by atoms with Gasteiger partial charge in [-0.25, -0.2) is 0 Å². The van der Waals surface area contributed by atoms with Gasteiger partial charge in [-0.1, -0.05) is 6.92 Å². The average molecular weight is 185 g/mol. The van der Waals surface area contributed by atoms with Crippen molar-refractivity contribution in [2.45, 2.75) is 38.3 Å². The van der Waals surface area contributed by atoms with Gasteiger partial charge in [0.25, 0.3) is 0 Å². The molecule has 0 aromatic rings. The Bertz CT molecular complexity index is 157. The molecule has 72 valence electrons. The Morgan fingerprint density at radius 1 is 1.58 bits per heavy atom. The minimum Gasteiger partial charge on any atom is -0.400 e. The van der Waals surface area contributed by atoms with Crippen LogP contribution in [0.3, 0.4) is 0 Å². The number of hydrogen-bond acceptors (Lipinski definition) is 1. The van der Waals surface area contributed by atoms with Gasteiger partial charge in [0.15, 0.2) is 6.10 Å². The fraction of sp³-hybridized carbons (Fsp3) is 1.00. The second kappa shape index (κ2) is 3.22. The summed E-state index contributed by atoms with van der Waals surface area (Å²) < 4.78 is 38.4. The molecular weight excluding hydrogens is 173 g/mol. The van der Waals surface area contributed by atoms with Gasteiger partial charge >= 0.3 is 12.5 Å². The van der Waals surface area contributed by atoms with Crippen molar-refractivity contribution in [2.24, 2.45) is 5.92 Å². The summed E-state index contributed by atoms with van der Waals surface area (Å²) in [6.07, 6.45) is -5.84. The third-order valence-electron chi connectivity index (χ3n) is 2.04. The maximum absolute atomic E-state index is 11.7. The van der Waals surface area contributed by atoms with E-state index in [2.05, 4.69) is 4.74 Å². The summed E-state index contributed by atoms with van der Waals surface area (Å²) in [6, 6.07) is 0. The van der Waals surface area contributed by atoms with E-state index < -0.39 is 12.5 Å². The lowest BCUT2D eigenvalue weighted by atomic mass is 10.3. The first kappa shape index (κ1) is 9.80. The van der Waals surface area contributed by atoms with E-state index in [1.54, 1.807) is 0 Å². The molecule has 2 nitrogen and oxygen atoms in total. The van der Waals surface area contributed by atoms with Crippen LogP contribution in [0.25, 0.3) is 0 Å². The van der Waals surface area contributed by atoms with Crippen LogP contribution in [0.1, 0.15) is 19.8 Å². The highest BCUT2D eigenvalue weighted by molar-refractivity contribution is 4.86. The van der Waals surface area contributed by atoms with Gasteiger partial charge in [-0.15, -0.1) is 0 Å². The molecule has 0 amide bonds. The van der Waals surface area contributed by atoms with Gasteiger partial charge in [0.1, 0.15) is 0 Å². The van der Waals surface area contributed by atoms with Crippen molar-refractivity contribution in [3.05, 3.63) is 0 Å². The predicted octanol–water partition coefficient (Wildman–Crippen LogP) is 1.19. The van der Waals surface area contributed by atoms with Crippen LogP contribution in [-0.4, -0.2) is 28.4 Å². The molecule has 0 aliphatic heterocycles. The van der Waals surface area contributed by atoms with Crippen molar-refractivity contribution in [3.8, 4) is 0 Å². The van der Waals surface area contributed by atoms with Gasteiger partial charge in [0.05, 0.1) is 0 Å². The normalized spacial score (nSPS) is 31.8. The van der Waals surface area contributed by atoms with Crippen molar-refractivity contribution in [1.29, 1.82) is 0 Å². The zero-order valence-electron chi connectivity index (χ0n) is 6.67.